The van der Waals surface area contributed by atoms with Crippen LogP contribution in [0.15, 0.2) is 72.8 Å². The highest BCUT2D eigenvalue weighted by atomic mass is 16.5. The number of fused-ring (bicyclic) bond motifs is 1. The van der Waals surface area contributed by atoms with E-state index in [0.717, 1.165) is 45.5 Å². The molecule has 0 spiro atoms. The number of carbonyl (C=O) groups is 1. The number of esters is 1. The predicted octanol–water partition coefficient (Wildman–Crippen LogP) is 6.06. The molecule has 4 rings (SSSR count). The van der Waals surface area contributed by atoms with E-state index < -0.39 is 0 Å². The molecule has 1 aliphatic heterocycles. The molecule has 1 saturated heterocycles. The Morgan fingerprint density at radius 2 is 1.97 bits per heavy atom. The summed E-state index contributed by atoms with van der Waals surface area (Å²) >= 11 is 0. The SMILES string of the molecule is C=C1O/C(=C(/c2cc(C(=O)OCC)c[nH]2)c2cccc3ccccc23)CC1(C)C. The van der Waals surface area contributed by atoms with Crippen molar-refractivity contribution in [2.24, 2.45) is 5.41 Å². The normalized spacial score (nSPS) is 17.3. The number of carbonyl (C=O) groups excluding carboxylic acids is 1. The Morgan fingerprint density at radius 3 is 2.69 bits per heavy atom. The van der Waals surface area contributed by atoms with Gasteiger partial charge in [0, 0.05) is 23.6 Å². The lowest BCUT2D eigenvalue weighted by atomic mass is 9.86. The number of nitrogens with one attached hydrogen (secondary N) is 1. The van der Waals surface area contributed by atoms with Crippen LogP contribution in [-0.4, -0.2) is 17.6 Å². The second-order valence-corrected chi connectivity index (χ2v) is 7.93. The molecule has 29 heavy (non-hydrogen) atoms. The molecule has 0 unspecified atom stereocenters. The Morgan fingerprint density at radius 1 is 1.21 bits per heavy atom. The van der Waals surface area contributed by atoms with Crippen LogP contribution in [0.4, 0.5) is 0 Å². The fraction of sp³-hybridized carbons (Fsp3) is 0.240. The molecule has 0 radical (unpaired) electrons. The van der Waals surface area contributed by atoms with Gasteiger partial charge in [-0.3, -0.25) is 0 Å². The topological polar surface area (TPSA) is 51.3 Å². The van der Waals surface area contributed by atoms with Crippen molar-refractivity contribution in [3.05, 3.63) is 89.6 Å². The maximum Gasteiger partial charge on any atom is 0.339 e. The van der Waals surface area contributed by atoms with E-state index in [1.165, 1.54) is 0 Å². The number of aromatic nitrogens is 1. The number of aromatic amines is 1. The van der Waals surface area contributed by atoms with Gasteiger partial charge in [0.05, 0.1) is 17.9 Å². The maximum atomic E-state index is 12.2. The van der Waals surface area contributed by atoms with Gasteiger partial charge in [-0.15, -0.1) is 0 Å². The van der Waals surface area contributed by atoms with Crippen LogP contribution in [0.25, 0.3) is 16.3 Å². The Bertz CT molecular complexity index is 1130. The van der Waals surface area contributed by atoms with Crippen LogP contribution < -0.4 is 0 Å². The van der Waals surface area contributed by atoms with Crippen LogP contribution in [-0.2, 0) is 9.47 Å². The van der Waals surface area contributed by atoms with Gasteiger partial charge in [0.25, 0.3) is 0 Å². The van der Waals surface area contributed by atoms with E-state index >= 15 is 0 Å². The molecular formula is C25H25NO3. The first kappa shape index (κ1) is 19.1. The molecule has 0 bridgehead atoms. The van der Waals surface area contributed by atoms with Gasteiger partial charge in [0.2, 0.25) is 0 Å². The molecule has 1 aromatic heterocycles. The van der Waals surface area contributed by atoms with Crippen molar-refractivity contribution in [3.8, 4) is 0 Å². The molecule has 0 aliphatic carbocycles. The van der Waals surface area contributed by atoms with E-state index in [9.17, 15) is 4.79 Å². The molecule has 0 amide bonds. The summed E-state index contributed by atoms with van der Waals surface area (Å²) in [4.78, 5) is 15.5. The molecule has 1 fully saturated rings. The highest BCUT2D eigenvalue weighted by Gasteiger charge is 2.36. The van der Waals surface area contributed by atoms with Gasteiger partial charge >= 0.3 is 5.97 Å². The quantitative estimate of drug-likeness (QED) is 0.553. The first-order chi connectivity index (χ1) is 13.9. The van der Waals surface area contributed by atoms with Gasteiger partial charge in [0.1, 0.15) is 11.5 Å². The molecule has 2 heterocycles. The molecule has 4 nitrogen and oxygen atoms in total. The average Bonchev–Trinajstić information content (AvgIpc) is 3.27. The van der Waals surface area contributed by atoms with Crippen molar-refractivity contribution in [3.63, 3.8) is 0 Å². The third-order valence-electron chi connectivity index (χ3n) is 5.41. The molecule has 3 aromatic rings. The zero-order valence-electron chi connectivity index (χ0n) is 17.0. The van der Waals surface area contributed by atoms with Gasteiger partial charge < -0.3 is 14.5 Å². The third kappa shape index (κ3) is 3.46. The second kappa shape index (κ2) is 7.28. The highest BCUT2D eigenvalue weighted by molar-refractivity contribution is 5.99. The van der Waals surface area contributed by atoms with Crippen LogP contribution in [0, 0.1) is 5.41 Å². The number of hydrogen-bond acceptors (Lipinski definition) is 3. The van der Waals surface area contributed by atoms with Crippen molar-refractivity contribution < 1.29 is 14.3 Å². The van der Waals surface area contributed by atoms with E-state index in [-0.39, 0.29) is 11.4 Å². The van der Waals surface area contributed by atoms with Gasteiger partial charge in [0.15, 0.2) is 0 Å². The molecule has 148 valence electrons. The number of hydrogen-bond donors (Lipinski definition) is 1. The lowest BCUT2D eigenvalue weighted by Gasteiger charge is -2.14. The number of benzene rings is 2. The van der Waals surface area contributed by atoms with Crippen molar-refractivity contribution in [2.75, 3.05) is 6.61 Å². The zero-order valence-corrected chi connectivity index (χ0v) is 17.0. The smallest absolute Gasteiger partial charge is 0.339 e. The van der Waals surface area contributed by atoms with Crippen LogP contribution in [0.5, 0.6) is 0 Å². The Kier molecular flexibility index (Phi) is 4.79. The van der Waals surface area contributed by atoms with Crippen molar-refractivity contribution >= 4 is 22.3 Å². The summed E-state index contributed by atoms with van der Waals surface area (Å²) in [6.07, 6.45) is 2.42. The molecule has 1 aliphatic rings. The Labute approximate surface area is 170 Å². The monoisotopic (exact) mass is 387 g/mol. The van der Waals surface area contributed by atoms with E-state index in [1.54, 1.807) is 13.1 Å². The largest absolute Gasteiger partial charge is 0.465 e. The fourth-order valence-corrected chi connectivity index (χ4v) is 3.72. The Balaban J connectivity index is 1.92. The average molecular weight is 387 g/mol. The first-order valence-corrected chi connectivity index (χ1v) is 9.85. The second-order valence-electron chi connectivity index (χ2n) is 7.93. The molecule has 0 atom stereocenters. The van der Waals surface area contributed by atoms with Crippen LogP contribution >= 0.6 is 0 Å². The maximum absolute atomic E-state index is 12.2. The minimum atomic E-state index is -0.339. The summed E-state index contributed by atoms with van der Waals surface area (Å²) in [5, 5.41) is 2.28. The summed E-state index contributed by atoms with van der Waals surface area (Å²) in [7, 11) is 0. The van der Waals surface area contributed by atoms with Gasteiger partial charge in [-0.05, 0) is 29.3 Å². The Hall–Kier alpha value is -3.27. The lowest BCUT2D eigenvalue weighted by molar-refractivity contribution is 0.0526. The van der Waals surface area contributed by atoms with E-state index in [4.69, 9.17) is 9.47 Å². The summed E-state index contributed by atoms with van der Waals surface area (Å²) in [5.74, 6) is 1.27. The van der Waals surface area contributed by atoms with Crippen molar-refractivity contribution in [2.45, 2.75) is 27.2 Å². The number of rotatable bonds is 4. The highest BCUT2D eigenvalue weighted by Crippen LogP contribution is 2.46. The fourth-order valence-electron chi connectivity index (χ4n) is 3.72. The summed E-state index contributed by atoms with van der Waals surface area (Å²) in [6, 6.07) is 16.3. The standard InChI is InChI=1S/C25H25NO3/c1-5-28-24(27)18-13-21(26-15-18)23(22-14-25(3,4)16(2)29-22)20-12-8-10-17-9-6-7-11-19(17)20/h6-13,15,26H,2,5,14H2,1,3-4H3/b23-22+. The van der Waals surface area contributed by atoms with Crippen LogP contribution in [0.3, 0.4) is 0 Å². The lowest BCUT2D eigenvalue weighted by Crippen LogP contribution is -2.06. The number of allylic oxidation sites excluding steroid dienone is 2. The predicted molar refractivity (Wildman–Crippen MR) is 115 cm³/mol. The molecule has 2 aromatic carbocycles. The van der Waals surface area contributed by atoms with E-state index in [2.05, 4.69) is 49.7 Å². The third-order valence-corrected chi connectivity index (χ3v) is 5.41. The molecule has 0 saturated carbocycles. The molecular weight excluding hydrogens is 362 g/mol. The number of ether oxygens (including phenoxy) is 2. The minimum Gasteiger partial charge on any atom is -0.465 e. The van der Waals surface area contributed by atoms with Crippen LogP contribution in [0.2, 0.25) is 0 Å². The molecule has 4 heteroatoms. The van der Waals surface area contributed by atoms with Gasteiger partial charge in [-0.25, -0.2) is 4.79 Å². The number of H-pyrrole nitrogens is 1. The van der Waals surface area contributed by atoms with Gasteiger partial charge in [-0.2, -0.15) is 0 Å². The van der Waals surface area contributed by atoms with Crippen LogP contribution in [0.1, 0.15) is 48.8 Å². The summed E-state index contributed by atoms with van der Waals surface area (Å²) < 4.78 is 11.3. The molecule has 1 N–H and O–H groups in total. The van der Waals surface area contributed by atoms with Gasteiger partial charge in [-0.1, -0.05) is 62.9 Å². The summed E-state index contributed by atoms with van der Waals surface area (Å²) in [5.41, 5.74) is 3.17. The zero-order chi connectivity index (χ0) is 20.6. The van der Waals surface area contributed by atoms with E-state index in [1.807, 2.05) is 24.3 Å². The first-order valence-electron chi connectivity index (χ1n) is 9.85. The van der Waals surface area contributed by atoms with Crippen molar-refractivity contribution in [1.29, 1.82) is 0 Å². The van der Waals surface area contributed by atoms with E-state index in [0.29, 0.717) is 12.2 Å². The minimum absolute atomic E-state index is 0.151. The summed E-state index contributed by atoms with van der Waals surface area (Å²) in [6.45, 7) is 10.5. The van der Waals surface area contributed by atoms with Crippen molar-refractivity contribution in [1.82, 2.24) is 4.98 Å².